The Morgan fingerprint density at radius 3 is 2.42 bits per heavy atom. The van der Waals surface area contributed by atoms with E-state index in [1.165, 1.54) is 5.57 Å². The number of ether oxygens (including phenoxy) is 1. The van der Waals surface area contributed by atoms with Crippen molar-refractivity contribution in [2.24, 2.45) is 10.8 Å². The van der Waals surface area contributed by atoms with Crippen LogP contribution in [0, 0.1) is 10.8 Å². The molecule has 19 heavy (non-hydrogen) atoms. The first-order valence-corrected chi connectivity index (χ1v) is 7.99. The molecule has 0 N–H and O–H groups in total. The van der Waals surface area contributed by atoms with E-state index in [4.69, 9.17) is 4.74 Å². The molecule has 0 saturated heterocycles. The summed E-state index contributed by atoms with van der Waals surface area (Å²) in [5.74, 6) is 0.277. The van der Waals surface area contributed by atoms with Crippen LogP contribution in [0.5, 0.6) is 0 Å². The average Bonchev–Trinajstić information content (AvgIpc) is 2.30. The van der Waals surface area contributed by atoms with Gasteiger partial charge in [0.15, 0.2) is 5.78 Å². The summed E-state index contributed by atoms with van der Waals surface area (Å²) < 4.78 is 5.72. The van der Waals surface area contributed by atoms with Crippen LogP contribution in [-0.2, 0) is 9.53 Å². The molecule has 2 aliphatic carbocycles. The van der Waals surface area contributed by atoms with Crippen LogP contribution in [0.15, 0.2) is 11.6 Å². The van der Waals surface area contributed by atoms with Gasteiger partial charge in [-0.25, -0.2) is 0 Å². The van der Waals surface area contributed by atoms with Crippen molar-refractivity contribution >= 4 is 21.7 Å². The molecule has 1 saturated carbocycles. The lowest BCUT2D eigenvalue weighted by Crippen LogP contribution is -2.53. The molecule has 0 aromatic heterocycles. The van der Waals surface area contributed by atoms with Gasteiger partial charge in [0.25, 0.3) is 0 Å². The highest BCUT2D eigenvalue weighted by Crippen LogP contribution is 2.60. The first-order valence-electron chi connectivity index (χ1n) is 7.08. The van der Waals surface area contributed by atoms with Crippen LogP contribution >= 0.6 is 15.9 Å². The molecule has 2 rings (SSSR count). The highest BCUT2D eigenvalue weighted by atomic mass is 79.9. The van der Waals surface area contributed by atoms with Gasteiger partial charge < -0.3 is 4.74 Å². The zero-order valence-corrected chi connectivity index (χ0v) is 14.3. The SMILES string of the molecule is COC1(C)CCC2(CC1Br)C(C)=CC(=O)CC2(C)C. The first kappa shape index (κ1) is 15.2. The summed E-state index contributed by atoms with van der Waals surface area (Å²) in [4.78, 5) is 12.2. The summed E-state index contributed by atoms with van der Waals surface area (Å²) in [5.41, 5.74) is 1.33. The van der Waals surface area contributed by atoms with E-state index < -0.39 is 0 Å². The van der Waals surface area contributed by atoms with Crippen LogP contribution in [0.4, 0.5) is 0 Å². The van der Waals surface area contributed by atoms with E-state index in [9.17, 15) is 4.79 Å². The molecule has 0 amide bonds. The molecule has 2 nitrogen and oxygen atoms in total. The van der Waals surface area contributed by atoms with Gasteiger partial charge in [-0.2, -0.15) is 0 Å². The van der Waals surface area contributed by atoms with Gasteiger partial charge in [0.1, 0.15) is 0 Å². The first-order chi connectivity index (χ1) is 8.67. The predicted octanol–water partition coefficient (Wildman–Crippen LogP) is 4.27. The van der Waals surface area contributed by atoms with Crippen molar-refractivity contribution < 1.29 is 9.53 Å². The van der Waals surface area contributed by atoms with E-state index in [-0.39, 0.29) is 22.2 Å². The second-order valence-electron chi connectivity index (χ2n) is 7.12. The van der Waals surface area contributed by atoms with Crippen LogP contribution in [0.1, 0.15) is 53.4 Å². The highest BCUT2D eigenvalue weighted by molar-refractivity contribution is 9.09. The van der Waals surface area contributed by atoms with Crippen LogP contribution in [0.3, 0.4) is 0 Å². The third-order valence-electron chi connectivity index (χ3n) is 5.75. The second-order valence-corrected chi connectivity index (χ2v) is 8.23. The van der Waals surface area contributed by atoms with Gasteiger partial charge >= 0.3 is 0 Å². The molecule has 0 aromatic rings. The molecule has 3 unspecified atom stereocenters. The quantitative estimate of drug-likeness (QED) is 0.672. The minimum atomic E-state index is -0.0942. The average molecular weight is 329 g/mol. The fraction of sp³-hybridized carbons (Fsp3) is 0.812. The monoisotopic (exact) mass is 328 g/mol. The minimum absolute atomic E-state index is 0.0318. The summed E-state index contributed by atoms with van der Waals surface area (Å²) in [7, 11) is 1.80. The second kappa shape index (κ2) is 4.70. The Kier molecular flexibility index (Phi) is 3.77. The summed E-state index contributed by atoms with van der Waals surface area (Å²) in [6.07, 6.45) is 5.71. The lowest BCUT2D eigenvalue weighted by molar-refractivity contribution is -0.122. The number of hydrogen-bond acceptors (Lipinski definition) is 2. The lowest BCUT2D eigenvalue weighted by Gasteiger charge is -2.56. The third-order valence-corrected chi connectivity index (χ3v) is 7.04. The zero-order valence-electron chi connectivity index (χ0n) is 12.7. The van der Waals surface area contributed by atoms with Gasteiger partial charge in [0, 0.05) is 18.4 Å². The van der Waals surface area contributed by atoms with Crippen molar-refractivity contribution in [1.82, 2.24) is 0 Å². The van der Waals surface area contributed by atoms with E-state index >= 15 is 0 Å². The molecule has 2 aliphatic rings. The van der Waals surface area contributed by atoms with Crippen LogP contribution in [-0.4, -0.2) is 23.3 Å². The van der Waals surface area contributed by atoms with Crippen LogP contribution in [0.2, 0.25) is 0 Å². The van der Waals surface area contributed by atoms with Crippen molar-refractivity contribution in [2.45, 2.75) is 63.8 Å². The Morgan fingerprint density at radius 2 is 1.95 bits per heavy atom. The Bertz CT molecular complexity index is 426. The number of halogens is 1. The van der Waals surface area contributed by atoms with E-state index in [1.54, 1.807) is 7.11 Å². The van der Waals surface area contributed by atoms with Gasteiger partial charge in [-0.15, -0.1) is 0 Å². The normalized spacial score (nSPS) is 42.3. The molecule has 1 fully saturated rings. The zero-order chi connectivity index (χ0) is 14.5. The molecule has 0 aliphatic heterocycles. The van der Waals surface area contributed by atoms with E-state index in [2.05, 4.69) is 43.6 Å². The maximum Gasteiger partial charge on any atom is 0.156 e. The maximum absolute atomic E-state index is 11.9. The van der Waals surface area contributed by atoms with Crippen LogP contribution in [0.25, 0.3) is 0 Å². The van der Waals surface area contributed by atoms with Crippen LogP contribution < -0.4 is 0 Å². The van der Waals surface area contributed by atoms with Gasteiger partial charge in [0.2, 0.25) is 0 Å². The maximum atomic E-state index is 11.9. The number of hydrogen-bond donors (Lipinski definition) is 0. The van der Waals surface area contributed by atoms with Gasteiger partial charge in [0.05, 0.1) is 5.60 Å². The molecular formula is C16H25BrO2. The number of carbonyl (C=O) groups excluding carboxylic acids is 1. The number of rotatable bonds is 1. The Hall–Kier alpha value is -0.150. The van der Waals surface area contributed by atoms with Gasteiger partial charge in [-0.3, -0.25) is 4.79 Å². The number of ketones is 1. The number of allylic oxidation sites excluding steroid dienone is 2. The lowest BCUT2D eigenvalue weighted by atomic mass is 9.50. The summed E-state index contributed by atoms with van der Waals surface area (Å²) in [6, 6.07) is 0. The van der Waals surface area contributed by atoms with E-state index in [1.807, 2.05) is 6.08 Å². The molecule has 0 bridgehead atoms. The summed E-state index contributed by atoms with van der Waals surface area (Å²) >= 11 is 3.84. The number of methoxy groups -OCH3 is 1. The predicted molar refractivity (Wildman–Crippen MR) is 81.6 cm³/mol. The van der Waals surface area contributed by atoms with Gasteiger partial charge in [-0.1, -0.05) is 35.4 Å². The molecule has 108 valence electrons. The van der Waals surface area contributed by atoms with E-state index in [0.29, 0.717) is 11.2 Å². The standard InChI is InChI=1S/C16H25BrO2/c1-11-8-12(18)9-14(2,3)16(11)7-6-15(4,19-5)13(17)10-16/h8,13H,6-7,9-10H2,1-5H3. The van der Waals surface area contributed by atoms with Crippen molar-refractivity contribution in [3.8, 4) is 0 Å². The Balaban J connectivity index is 2.39. The van der Waals surface area contributed by atoms with Crippen molar-refractivity contribution in [3.63, 3.8) is 0 Å². The minimum Gasteiger partial charge on any atom is -0.377 e. The van der Waals surface area contributed by atoms with Gasteiger partial charge in [-0.05, 0) is 50.0 Å². The molecular weight excluding hydrogens is 304 g/mol. The highest BCUT2D eigenvalue weighted by Gasteiger charge is 2.55. The molecule has 1 spiro atoms. The fourth-order valence-corrected chi connectivity index (χ4v) is 4.98. The molecule has 3 heteroatoms. The molecule has 0 heterocycles. The van der Waals surface area contributed by atoms with Crippen molar-refractivity contribution in [2.75, 3.05) is 7.11 Å². The number of carbonyl (C=O) groups is 1. The smallest absolute Gasteiger partial charge is 0.156 e. The summed E-state index contributed by atoms with van der Waals surface area (Å²) in [6.45, 7) is 8.81. The third kappa shape index (κ3) is 2.23. The molecule has 3 atom stereocenters. The summed E-state index contributed by atoms with van der Waals surface area (Å²) in [5, 5.41) is 0. The number of alkyl halides is 1. The van der Waals surface area contributed by atoms with Crippen molar-refractivity contribution in [3.05, 3.63) is 11.6 Å². The fourth-order valence-electron chi connectivity index (χ4n) is 4.01. The largest absolute Gasteiger partial charge is 0.377 e. The topological polar surface area (TPSA) is 26.3 Å². The van der Waals surface area contributed by atoms with Crippen molar-refractivity contribution in [1.29, 1.82) is 0 Å². The Morgan fingerprint density at radius 1 is 1.32 bits per heavy atom. The van der Waals surface area contributed by atoms with E-state index in [0.717, 1.165) is 19.3 Å². The molecule has 0 radical (unpaired) electrons. The molecule has 0 aromatic carbocycles. The Labute approximate surface area is 125 Å².